The van der Waals surface area contributed by atoms with Crippen LogP contribution in [0.5, 0.6) is 5.75 Å². The molecule has 4 N–H and O–H groups in total. The number of rotatable bonds is 10. The molecule has 0 aliphatic carbocycles. The summed E-state index contributed by atoms with van der Waals surface area (Å²) in [5.74, 6) is -0.366. The van der Waals surface area contributed by atoms with Crippen molar-refractivity contribution in [3.8, 4) is 5.75 Å². The summed E-state index contributed by atoms with van der Waals surface area (Å²) in [6.45, 7) is 1.69. The number of hydrogen-bond acceptors (Lipinski definition) is 13. The molecule has 15 heteroatoms. The second-order valence-corrected chi connectivity index (χ2v) is 9.21. The zero-order chi connectivity index (χ0) is 24.7. The predicted octanol–water partition coefficient (Wildman–Crippen LogP) is 6.10. The summed E-state index contributed by atoms with van der Waals surface area (Å²) in [5, 5.41) is 43.7. The van der Waals surface area contributed by atoms with E-state index in [0.29, 0.717) is 39.8 Å². The summed E-state index contributed by atoms with van der Waals surface area (Å²) < 4.78 is 41.9. The van der Waals surface area contributed by atoms with Gasteiger partial charge in [0.25, 0.3) is 10.1 Å². The summed E-state index contributed by atoms with van der Waals surface area (Å²) in [7, 11) is -4.54. The molecule has 0 radical (unpaired) electrons. The summed E-state index contributed by atoms with van der Waals surface area (Å²) in [5.41, 5.74) is 0.335. The number of aromatic hydroxyl groups is 1. The first-order chi connectivity index (χ1) is 16.3. The molecule has 0 atom stereocenters. The number of benzene rings is 3. The van der Waals surface area contributed by atoms with Crippen LogP contribution in [0.4, 0.5) is 11.4 Å². The van der Waals surface area contributed by atoms with Gasteiger partial charge >= 0.3 is 0 Å². The van der Waals surface area contributed by atoms with Crippen molar-refractivity contribution >= 4 is 62.4 Å². The van der Waals surface area contributed by atoms with Crippen molar-refractivity contribution in [1.82, 2.24) is 0 Å². The van der Waals surface area contributed by atoms with Gasteiger partial charge in [0.05, 0.1) is 34.7 Å². The van der Waals surface area contributed by atoms with Crippen LogP contribution in [0.2, 0.25) is 0 Å². The molecule has 0 aromatic heterocycles. The minimum absolute atomic E-state index is 0.0108. The second kappa shape index (κ2) is 11.7. The standard InChI is InChI=1S/C19H16N2O10S3/c1-2-3-11-4-5-13(10-17(11)34(25,26)27)20-21-18-15-7-6-14(32-30-28-23)8-12(15)9-16(19(18)22)33-31-29-24/h2-10,22-24H,1H3,(H,25,26,27). The van der Waals surface area contributed by atoms with Gasteiger partial charge in [-0.25, -0.2) is 10.5 Å². The minimum Gasteiger partial charge on any atom is -0.504 e. The Morgan fingerprint density at radius 1 is 0.971 bits per heavy atom. The van der Waals surface area contributed by atoms with Crippen LogP contribution in [0.15, 0.2) is 73.5 Å². The van der Waals surface area contributed by atoms with E-state index in [-0.39, 0.29) is 32.5 Å². The molecule has 3 aromatic rings. The maximum Gasteiger partial charge on any atom is 0.295 e. The molecule has 0 spiro atoms. The van der Waals surface area contributed by atoms with Crippen molar-refractivity contribution in [1.29, 1.82) is 0 Å². The maximum absolute atomic E-state index is 11.8. The van der Waals surface area contributed by atoms with E-state index < -0.39 is 10.1 Å². The van der Waals surface area contributed by atoms with Crippen LogP contribution in [0.25, 0.3) is 16.8 Å². The molecule has 3 aromatic carbocycles. The van der Waals surface area contributed by atoms with Crippen LogP contribution < -0.4 is 0 Å². The Balaban J connectivity index is 2.11. The Bertz CT molecular complexity index is 1350. The molecule has 0 heterocycles. The first-order valence-corrected chi connectivity index (χ1v) is 12.0. The zero-order valence-electron chi connectivity index (χ0n) is 17.1. The van der Waals surface area contributed by atoms with Crippen LogP contribution in [-0.2, 0) is 28.9 Å². The van der Waals surface area contributed by atoms with Gasteiger partial charge in [0, 0.05) is 10.3 Å². The Morgan fingerprint density at radius 3 is 2.38 bits per heavy atom. The summed E-state index contributed by atoms with van der Waals surface area (Å²) in [6, 6.07) is 10.4. The van der Waals surface area contributed by atoms with Gasteiger partial charge in [-0.05, 0) is 48.2 Å². The lowest BCUT2D eigenvalue weighted by Gasteiger charge is -2.10. The highest BCUT2D eigenvalue weighted by Crippen LogP contribution is 2.44. The predicted molar refractivity (Wildman–Crippen MR) is 122 cm³/mol. The molecule has 0 amide bonds. The number of azo groups is 1. The van der Waals surface area contributed by atoms with E-state index in [1.807, 2.05) is 0 Å². The molecular weight excluding hydrogens is 512 g/mol. The van der Waals surface area contributed by atoms with Gasteiger partial charge in [0.15, 0.2) is 5.75 Å². The van der Waals surface area contributed by atoms with Crippen LogP contribution in [0.1, 0.15) is 12.5 Å². The third-order valence-electron chi connectivity index (χ3n) is 4.22. The van der Waals surface area contributed by atoms with E-state index in [2.05, 4.69) is 29.0 Å². The van der Waals surface area contributed by atoms with Gasteiger partial charge < -0.3 is 5.11 Å². The van der Waals surface area contributed by atoms with Crippen molar-refractivity contribution in [3.05, 3.63) is 54.1 Å². The van der Waals surface area contributed by atoms with Crippen LogP contribution in [-0.4, -0.2) is 28.6 Å². The molecular formula is C19H16N2O10S3. The van der Waals surface area contributed by atoms with E-state index in [4.69, 9.17) is 10.5 Å². The van der Waals surface area contributed by atoms with Gasteiger partial charge in [0.2, 0.25) is 0 Å². The fourth-order valence-electron chi connectivity index (χ4n) is 2.89. The lowest BCUT2D eigenvalue weighted by atomic mass is 10.1. The van der Waals surface area contributed by atoms with Crippen LogP contribution in [0.3, 0.4) is 0 Å². The smallest absolute Gasteiger partial charge is 0.295 e. The van der Waals surface area contributed by atoms with Crippen molar-refractivity contribution < 1.29 is 47.3 Å². The van der Waals surface area contributed by atoms with Crippen molar-refractivity contribution in [2.75, 3.05) is 0 Å². The second-order valence-electron chi connectivity index (χ2n) is 6.30. The zero-order valence-corrected chi connectivity index (χ0v) is 19.5. The van der Waals surface area contributed by atoms with Crippen molar-refractivity contribution in [2.45, 2.75) is 21.6 Å². The van der Waals surface area contributed by atoms with Crippen molar-refractivity contribution in [3.63, 3.8) is 0 Å². The normalized spacial score (nSPS) is 12.4. The van der Waals surface area contributed by atoms with Crippen LogP contribution in [0, 0.1) is 0 Å². The minimum atomic E-state index is -4.54. The van der Waals surface area contributed by atoms with Gasteiger partial charge in [-0.3, -0.25) is 4.55 Å². The van der Waals surface area contributed by atoms with Crippen LogP contribution >= 0.6 is 24.1 Å². The Kier molecular flexibility index (Phi) is 8.97. The number of allylic oxidation sites excluding steroid dienone is 1. The molecule has 0 fully saturated rings. The maximum atomic E-state index is 11.8. The molecule has 0 aliphatic rings. The highest BCUT2D eigenvalue weighted by Gasteiger charge is 2.17. The van der Waals surface area contributed by atoms with Gasteiger partial charge in [-0.15, -0.1) is 13.8 Å². The monoisotopic (exact) mass is 528 g/mol. The van der Waals surface area contributed by atoms with E-state index in [1.165, 1.54) is 24.3 Å². The molecule has 0 saturated heterocycles. The van der Waals surface area contributed by atoms with Gasteiger partial charge in [-0.1, -0.05) is 34.4 Å². The van der Waals surface area contributed by atoms with E-state index in [9.17, 15) is 18.1 Å². The van der Waals surface area contributed by atoms with Gasteiger partial charge in [0.1, 0.15) is 10.6 Å². The van der Waals surface area contributed by atoms with Crippen molar-refractivity contribution in [2.24, 2.45) is 10.2 Å². The molecule has 0 saturated carbocycles. The molecule has 0 aliphatic heterocycles. The Morgan fingerprint density at radius 2 is 1.71 bits per heavy atom. The highest BCUT2D eigenvalue weighted by molar-refractivity contribution is 7.94. The van der Waals surface area contributed by atoms with E-state index in [1.54, 1.807) is 31.2 Å². The number of hydrogen-bond donors (Lipinski definition) is 4. The SMILES string of the molecule is CC=Cc1ccc(N=Nc2c(O)c(SOOO)cc3cc(SOOO)ccc23)cc1S(=O)(=O)O. The Hall–Kier alpha value is -2.57. The topological polar surface area (TPSA) is 177 Å². The first kappa shape index (κ1) is 26.0. The molecule has 34 heavy (non-hydrogen) atoms. The summed E-state index contributed by atoms with van der Waals surface area (Å²) in [6.07, 6.45) is 3.12. The fourth-order valence-corrected chi connectivity index (χ4v) is 4.45. The average molecular weight is 529 g/mol. The first-order valence-electron chi connectivity index (χ1n) is 9.03. The van der Waals surface area contributed by atoms with E-state index in [0.717, 1.165) is 6.07 Å². The number of phenols is 1. The average Bonchev–Trinajstić information content (AvgIpc) is 2.81. The number of fused-ring (bicyclic) bond motifs is 1. The lowest BCUT2D eigenvalue weighted by Crippen LogP contribution is -2.00. The summed E-state index contributed by atoms with van der Waals surface area (Å²) in [4.78, 5) is 0.253. The molecule has 0 unspecified atom stereocenters. The largest absolute Gasteiger partial charge is 0.504 e. The molecule has 0 bridgehead atoms. The third-order valence-corrected chi connectivity index (χ3v) is 6.33. The molecule has 3 rings (SSSR count). The molecule has 12 nitrogen and oxygen atoms in total. The number of nitrogens with zero attached hydrogens (tertiary/aromatic N) is 2. The molecule has 180 valence electrons. The third kappa shape index (κ3) is 6.30. The van der Waals surface area contributed by atoms with Gasteiger partial charge in [-0.2, -0.15) is 13.5 Å². The Labute approximate surface area is 201 Å². The highest BCUT2D eigenvalue weighted by atomic mass is 32.2. The number of phenolic OH excluding ortho intramolecular Hbond substituents is 1. The fraction of sp³-hybridized carbons (Fsp3) is 0.0526. The summed E-state index contributed by atoms with van der Waals surface area (Å²) >= 11 is 1.20. The quantitative estimate of drug-likeness (QED) is 0.0783. The lowest BCUT2D eigenvalue weighted by molar-refractivity contribution is -0.432. The van der Waals surface area contributed by atoms with E-state index >= 15 is 0 Å².